The van der Waals surface area contributed by atoms with Crippen molar-refractivity contribution in [3.05, 3.63) is 18.2 Å². The zero-order chi connectivity index (χ0) is 17.2. The smallest absolute Gasteiger partial charge is 0.263 e. The standard InChI is InChI=1S/C18H23NO6/c1-12(25-14-2-3-16-17(6-14)24-11-23-16)18(20)19-7-15(8-19)22-10-13-4-5-21-9-13/h2-3,6,12-13,15H,4-5,7-11H2,1H3. The molecule has 0 bridgehead atoms. The van der Waals surface area contributed by atoms with Crippen LogP contribution in [-0.2, 0) is 14.3 Å². The molecule has 4 rings (SSSR count). The second-order valence-electron chi connectivity index (χ2n) is 6.70. The van der Waals surface area contributed by atoms with Crippen LogP contribution < -0.4 is 14.2 Å². The van der Waals surface area contributed by atoms with Gasteiger partial charge in [0.25, 0.3) is 5.91 Å². The molecule has 136 valence electrons. The van der Waals surface area contributed by atoms with Crippen molar-refractivity contribution in [2.24, 2.45) is 5.92 Å². The quantitative estimate of drug-likeness (QED) is 0.774. The van der Waals surface area contributed by atoms with Crippen LogP contribution in [0.5, 0.6) is 17.2 Å². The van der Waals surface area contributed by atoms with E-state index in [1.165, 1.54) is 0 Å². The third-order valence-electron chi connectivity index (χ3n) is 4.76. The maximum Gasteiger partial charge on any atom is 0.263 e. The number of ether oxygens (including phenoxy) is 5. The number of rotatable bonds is 6. The maximum atomic E-state index is 12.4. The molecule has 0 saturated carbocycles. The number of amides is 1. The monoisotopic (exact) mass is 349 g/mol. The average Bonchev–Trinajstić information content (AvgIpc) is 3.23. The zero-order valence-corrected chi connectivity index (χ0v) is 14.3. The van der Waals surface area contributed by atoms with Crippen LogP contribution in [0.25, 0.3) is 0 Å². The molecule has 25 heavy (non-hydrogen) atoms. The predicted octanol–water partition coefficient (Wildman–Crippen LogP) is 1.45. The number of hydrogen-bond donors (Lipinski definition) is 0. The first-order chi connectivity index (χ1) is 12.2. The molecule has 2 atom stereocenters. The number of carbonyl (C=O) groups is 1. The Bertz CT molecular complexity index is 624. The molecule has 7 nitrogen and oxygen atoms in total. The van der Waals surface area contributed by atoms with Gasteiger partial charge in [-0.15, -0.1) is 0 Å². The highest BCUT2D eigenvalue weighted by Gasteiger charge is 2.35. The lowest BCUT2D eigenvalue weighted by molar-refractivity contribution is -0.152. The molecule has 2 saturated heterocycles. The van der Waals surface area contributed by atoms with Crippen molar-refractivity contribution in [2.45, 2.75) is 25.6 Å². The molecule has 3 aliphatic heterocycles. The van der Waals surface area contributed by atoms with Gasteiger partial charge in [-0.05, 0) is 25.5 Å². The second kappa shape index (κ2) is 7.09. The lowest BCUT2D eigenvalue weighted by Crippen LogP contribution is -2.58. The van der Waals surface area contributed by atoms with Crippen LogP contribution in [0.1, 0.15) is 13.3 Å². The second-order valence-corrected chi connectivity index (χ2v) is 6.70. The third kappa shape index (κ3) is 3.67. The van der Waals surface area contributed by atoms with Crippen LogP contribution in [0.4, 0.5) is 0 Å². The van der Waals surface area contributed by atoms with Gasteiger partial charge in [0.05, 0.1) is 19.3 Å². The van der Waals surface area contributed by atoms with Gasteiger partial charge in [-0.1, -0.05) is 0 Å². The van der Waals surface area contributed by atoms with E-state index < -0.39 is 6.10 Å². The van der Waals surface area contributed by atoms with Gasteiger partial charge in [-0.25, -0.2) is 0 Å². The molecule has 2 unspecified atom stereocenters. The molecule has 0 aliphatic carbocycles. The first-order valence-electron chi connectivity index (χ1n) is 8.73. The molecular weight excluding hydrogens is 326 g/mol. The Kier molecular flexibility index (Phi) is 4.67. The molecule has 1 aromatic carbocycles. The molecule has 0 spiro atoms. The Morgan fingerprint density at radius 3 is 2.96 bits per heavy atom. The highest BCUT2D eigenvalue weighted by molar-refractivity contribution is 5.81. The van der Waals surface area contributed by atoms with E-state index in [2.05, 4.69) is 0 Å². The van der Waals surface area contributed by atoms with Crippen LogP contribution in [0, 0.1) is 5.92 Å². The lowest BCUT2D eigenvalue weighted by atomic mass is 10.1. The van der Waals surface area contributed by atoms with Gasteiger partial charge in [-0.3, -0.25) is 4.79 Å². The fraction of sp³-hybridized carbons (Fsp3) is 0.611. The van der Waals surface area contributed by atoms with Crippen LogP contribution in [0.3, 0.4) is 0 Å². The first kappa shape index (κ1) is 16.5. The Morgan fingerprint density at radius 2 is 2.16 bits per heavy atom. The summed E-state index contributed by atoms with van der Waals surface area (Å²) in [5, 5.41) is 0. The van der Waals surface area contributed by atoms with Gasteiger partial charge in [0.2, 0.25) is 6.79 Å². The number of fused-ring (bicyclic) bond motifs is 1. The molecule has 3 aliphatic rings. The lowest BCUT2D eigenvalue weighted by Gasteiger charge is -2.40. The SMILES string of the molecule is CC(Oc1ccc2c(c1)OCO2)C(=O)N1CC(OCC2CCOC2)C1. The minimum absolute atomic E-state index is 0.0262. The van der Waals surface area contributed by atoms with Crippen LogP contribution in [0.2, 0.25) is 0 Å². The van der Waals surface area contributed by atoms with Gasteiger partial charge in [-0.2, -0.15) is 0 Å². The van der Waals surface area contributed by atoms with E-state index in [0.29, 0.717) is 36.3 Å². The normalized spacial score (nSPS) is 23.4. The van der Waals surface area contributed by atoms with Crippen molar-refractivity contribution in [3.63, 3.8) is 0 Å². The Morgan fingerprint density at radius 1 is 1.32 bits per heavy atom. The highest BCUT2D eigenvalue weighted by Crippen LogP contribution is 2.35. The van der Waals surface area contributed by atoms with E-state index >= 15 is 0 Å². The van der Waals surface area contributed by atoms with Crippen molar-refractivity contribution in [2.75, 3.05) is 39.7 Å². The first-order valence-corrected chi connectivity index (χ1v) is 8.73. The van der Waals surface area contributed by atoms with Crippen molar-refractivity contribution in [1.82, 2.24) is 4.90 Å². The number of nitrogens with zero attached hydrogens (tertiary/aromatic N) is 1. The summed E-state index contributed by atoms with van der Waals surface area (Å²) in [5.41, 5.74) is 0. The minimum Gasteiger partial charge on any atom is -0.481 e. The summed E-state index contributed by atoms with van der Waals surface area (Å²) in [5.74, 6) is 2.41. The van der Waals surface area contributed by atoms with E-state index in [1.807, 2.05) is 0 Å². The predicted molar refractivity (Wildman–Crippen MR) is 87.9 cm³/mol. The van der Waals surface area contributed by atoms with Crippen molar-refractivity contribution in [1.29, 1.82) is 0 Å². The fourth-order valence-corrected chi connectivity index (χ4v) is 3.17. The highest BCUT2D eigenvalue weighted by atomic mass is 16.7. The largest absolute Gasteiger partial charge is 0.481 e. The molecule has 1 aromatic rings. The molecule has 7 heteroatoms. The van der Waals surface area contributed by atoms with Crippen molar-refractivity contribution >= 4 is 5.91 Å². The fourth-order valence-electron chi connectivity index (χ4n) is 3.17. The van der Waals surface area contributed by atoms with Crippen molar-refractivity contribution < 1.29 is 28.5 Å². The summed E-state index contributed by atoms with van der Waals surface area (Å²) in [6, 6.07) is 5.32. The van der Waals surface area contributed by atoms with E-state index in [-0.39, 0.29) is 18.8 Å². The minimum atomic E-state index is -0.551. The number of likely N-dealkylation sites (tertiary alicyclic amines) is 1. The summed E-state index contributed by atoms with van der Waals surface area (Å²) < 4.78 is 27.5. The molecule has 0 radical (unpaired) electrons. The molecule has 0 N–H and O–H groups in total. The number of carbonyl (C=O) groups excluding carboxylic acids is 1. The van der Waals surface area contributed by atoms with Gasteiger partial charge < -0.3 is 28.6 Å². The summed E-state index contributed by atoms with van der Waals surface area (Å²) >= 11 is 0. The van der Waals surface area contributed by atoms with E-state index in [0.717, 1.165) is 26.2 Å². The summed E-state index contributed by atoms with van der Waals surface area (Å²) in [7, 11) is 0. The topological polar surface area (TPSA) is 66.5 Å². The number of benzene rings is 1. The summed E-state index contributed by atoms with van der Waals surface area (Å²) in [6.45, 7) is 5.57. The number of hydrogen-bond acceptors (Lipinski definition) is 6. The van der Waals surface area contributed by atoms with Crippen LogP contribution in [-0.4, -0.2) is 62.7 Å². The summed E-state index contributed by atoms with van der Waals surface area (Å²) in [4.78, 5) is 14.2. The van der Waals surface area contributed by atoms with E-state index in [9.17, 15) is 4.79 Å². The van der Waals surface area contributed by atoms with E-state index in [4.69, 9.17) is 23.7 Å². The maximum absolute atomic E-state index is 12.4. The Labute approximate surface area is 146 Å². The molecule has 2 fully saturated rings. The molecule has 1 amide bonds. The average molecular weight is 349 g/mol. The van der Waals surface area contributed by atoms with Gasteiger partial charge in [0.1, 0.15) is 5.75 Å². The van der Waals surface area contributed by atoms with Gasteiger partial charge in [0.15, 0.2) is 17.6 Å². The third-order valence-corrected chi connectivity index (χ3v) is 4.76. The molecule has 3 heterocycles. The van der Waals surface area contributed by atoms with Gasteiger partial charge in [0, 0.05) is 31.7 Å². The van der Waals surface area contributed by atoms with Gasteiger partial charge >= 0.3 is 0 Å². The van der Waals surface area contributed by atoms with Crippen molar-refractivity contribution in [3.8, 4) is 17.2 Å². The molecular formula is C18H23NO6. The Balaban J connectivity index is 1.21. The molecule has 0 aromatic heterocycles. The zero-order valence-electron chi connectivity index (χ0n) is 14.3. The van der Waals surface area contributed by atoms with Crippen LogP contribution >= 0.6 is 0 Å². The van der Waals surface area contributed by atoms with E-state index in [1.54, 1.807) is 30.0 Å². The Hall–Kier alpha value is -1.99. The van der Waals surface area contributed by atoms with Crippen LogP contribution in [0.15, 0.2) is 18.2 Å². The summed E-state index contributed by atoms with van der Waals surface area (Å²) in [6.07, 6.45) is 0.641.